The number of nitriles is 1. The molecule has 4 nitrogen and oxygen atoms in total. The monoisotopic (exact) mass is 300 g/mol. The third kappa shape index (κ3) is 2.09. The van der Waals surface area contributed by atoms with Gasteiger partial charge in [-0.05, 0) is 24.3 Å². The molecular weight excluding hydrogens is 294 g/mol. The number of hydrogen-bond acceptors (Lipinski definition) is 5. The Labute approximate surface area is 124 Å². The van der Waals surface area contributed by atoms with Gasteiger partial charge in [0.25, 0.3) is 0 Å². The van der Waals surface area contributed by atoms with Gasteiger partial charge in [-0.2, -0.15) is 5.26 Å². The van der Waals surface area contributed by atoms with E-state index in [0.717, 1.165) is 5.39 Å². The number of methoxy groups -OCH3 is 1. The molecular formula is C14H7ClN3OS. The molecule has 97 valence electrons. The molecule has 3 aromatic rings. The van der Waals surface area contributed by atoms with E-state index in [2.05, 4.69) is 16.0 Å². The Morgan fingerprint density at radius 2 is 2.25 bits per heavy atom. The fourth-order valence-corrected chi connectivity index (χ4v) is 2.77. The second-order valence-electron chi connectivity index (χ2n) is 3.91. The molecule has 1 radical (unpaired) electrons. The van der Waals surface area contributed by atoms with E-state index in [4.69, 9.17) is 21.6 Å². The molecule has 0 fully saturated rings. The molecule has 0 aliphatic carbocycles. The minimum atomic E-state index is 0.378. The second kappa shape index (κ2) is 5.08. The van der Waals surface area contributed by atoms with Crippen LogP contribution in [0.5, 0.6) is 5.75 Å². The molecule has 1 aromatic carbocycles. The maximum absolute atomic E-state index is 8.81. The molecule has 0 bridgehead atoms. The Balaban J connectivity index is 2.19. The van der Waals surface area contributed by atoms with Gasteiger partial charge in [0.2, 0.25) is 0 Å². The number of halogens is 1. The standard InChI is InChI=1S/C14H7ClN3OS/c1-19-11-5-3-8-2-4-10(18-13(8)12(11)15)14-17-9(6-16)7-20-14/h3-5,7H,1H3. The summed E-state index contributed by atoms with van der Waals surface area (Å²) in [4.78, 5) is 8.68. The van der Waals surface area contributed by atoms with Crippen molar-refractivity contribution in [1.29, 1.82) is 5.26 Å². The smallest absolute Gasteiger partial charge is 0.152 e. The maximum Gasteiger partial charge on any atom is 0.152 e. The van der Waals surface area contributed by atoms with Crippen molar-refractivity contribution in [1.82, 2.24) is 9.97 Å². The number of fused-ring (bicyclic) bond motifs is 1. The summed E-state index contributed by atoms with van der Waals surface area (Å²) in [5, 5.41) is 12.4. The van der Waals surface area contributed by atoms with Crippen molar-refractivity contribution in [3.63, 3.8) is 0 Å². The van der Waals surface area contributed by atoms with Crippen LogP contribution in [0.25, 0.3) is 21.6 Å². The molecule has 0 unspecified atom stereocenters. The normalized spacial score (nSPS) is 10.4. The Morgan fingerprint density at radius 3 is 2.95 bits per heavy atom. The quantitative estimate of drug-likeness (QED) is 0.724. The van der Waals surface area contributed by atoms with Crippen molar-refractivity contribution in [3.8, 4) is 22.5 Å². The molecule has 2 heterocycles. The zero-order chi connectivity index (χ0) is 14.1. The van der Waals surface area contributed by atoms with Crippen LogP contribution in [0.1, 0.15) is 5.69 Å². The largest absolute Gasteiger partial charge is 0.495 e. The number of aromatic nitrogens is 2. The highest BCUT2D eigenvalue weighted by Crippen LogP contribution is 2.33. The lowest BCUT2D eigenvalue weighted by atomic mass is 10.2. The SMILES string of the molecule is COc1ccc2[c]cc(-c3nc(C#N)cs3)nc2c1Cl. The van der Waals surface area contributed by atoms with Gasteiger partial charge in [-0.15, -0.1) is 11.3 Å². The van der Waals surface area contributed by atoms with Crippen LogP contribution in [0.2, 0.25) is 5.02 Å². The maximum atomic E-state index is 8.81. The van der Waals surface area contributed by atoms with Gasteiger partial charge in [-0.3, -0.25) is 0 Å². The Morgan fingerprint density at radius 1 is 1.40 bits per heavy atom. The van der Waals surface area contributed by atoms with Crippen molar-refractivity contribution in [3.05, 3.63) is 40.4 Å². The number of rotatable bonds is 2. The predicted molar refractivity (Wildman–Crippen MR) is 78.0 cm³/mol. The highest BCUT2D eigenvalue weighted by Gasteiger charge is 2.11. The average molecular weight is 301 g/mol. The first-order chi connectivity index (χ1) is 9.72. The van der Waals surface area contributed by atoms with E-state index in [-0.39, 0.29) is 0 Å². The van der Waals surface area contributed by atoms with Crippen molar-refractivity contribution < 1.29 is 4.74 Å². The number of ether oxygens (including phenoxy) is 1. The van der Waals surface area contributed by atoms with Crippen LogP contribution in [-0.2, 0) is 0 Å². The Hall–Kier alpha value is -2.16. The highest BCUT2D eigenvalue weighted by atomic mass is 35.5. The van der Waals surface area contributed by atoms with E-state index in [0.29, 0.717) is 32.7 Å². The van der Waals surface area contributed by atoms with Gasteiger partial charge in [0.05, 0.1) is 12.6 Å². The molecule has 0 amide bonds. The summed E-state index contributed by atoms with van der Waals surface area (Å²) < 4.78 is 5.18. The van der Waals surface area contributed by atoms with Gasteiger partial charge in [-0.1, -0.05) is 11.6 Å². The average Bonchev–Trinajstić information content (AvgIpc) is 2.96. The van der Waals surface area contributed by atoms with Crippen molar-refractivity contribution >= 4 is 33.8 Å². The van der Waals surface area contributed by atoms with E-state index in [1.165, 1.54) is 11.3 Å². The summed E-state index contributed by atoms with van der Waals surface area (Å²) in [5.74, 6) is 0.564. The van der Waals surface area contributed by atoms with Crippen LogP contribution in [-0.4, -0.2) is 17.1 Å². The molecule has 0 saturated heterocycles. The molecule has 0 saturated carbocycles. The first-order valence-electron chi connectivity index (χ1n) is 5.64. The molecule has 0 spiro atoms. The third-order valence-corrected chi connectivity index (χ3v) is 3.97. The first kappa shape index (κ1) is 12.9. The zero-order valence-electron chi connectivity index (χ0n) is 10.3. The van der Waals surface area contributed by atoms with Crippen molar-refractivity contribution in [2.75, 3.05) is 7.11 Å². The van der Waals surface area contributed by atoms with Crippen LogP contribution in [0, 0.1) is 17.4 Å². The van der Waals surface area contributed by atoms with E-state index in [1.807, 2.05) is 12.1 Å². The van der Waals surface area contributed by atoms with Gasteiger partial charge in [0.1, 0.15) is 27.5 Å². The van der Waals surface area contributed by atoms with Crippen LogP contribution in [0.15, 0.2) is 23.6 Å². The summed E-state index contributed by atoms with van der Waals surface area (Å²) in [7, 11) is 1.56. The Kier molecular flexibility index (Phi) is 3.26. The lowest BCUT2D eigenvalue weighted by Gasteiger charge is -2.06. The van der Waals surface area contributed by atoms with Crippen LogP contribution >= 0.6 is 22.9 Å². The molecule has 3 rings (SSSR count). The van der Waals surface area contributed by atoms with E-state index in [1.54, 1.807) is 24.6 Å². The lowest BCUT2D eigenvalue weighted by Crippen LogP contribution is -1.90. The van der Waals surface area contributed by atoms with Crippen LogP contribution in [0.4, 0.5) is 0 Å². The van der Waals surface area contributed by atoms with Crippen molar-refractivity contribution in [2.45, 2.75) is 0 Å². The third-order valence-electron chi connectivity index (χ3n) is 2.74. The molecule has 20 heavy (non-hydrogen) atoms. The van der Waals surface area contributed by atoms with Gasteiger partial charge < -0.3 is 4.74 Å². The first-order valence-corrected chi connectivity index (χ1v) is 6.89. The summed E-state index contributed by atoms with van der Waals surface area (Å²) in [6.07, 6.45) is 0. The molecule has 0 aliphatic rings. The van der Waals surface area contributed by atoms with E-state index in [9.17, 15) is 0 Å². The molecule has 0 atom stereocenters. The van der Waals surface area contributed by atoms with E-state index < -0.39 is 0 Å². The van der Waals surface area contributed by atoms with Gasteiger partial charge in [0, 0.05) is 10.8 Å². The number of thiazole rings is 1. The number of nitrogens with zero attached hydrogens (tertiary/aromatic N) is 3. The minimum Gasteiger partial charge on any atom is -0.495 e. The van der Waals surface area contributed by atoms with Gasteiger partial charge in [-0.25, -0.2) is 9.97 Å². The minimum absolute atomic E-state index is 0.378. The van der Waals surface area contributed by atoms with Crippen molar-refractivity contribution in [2.24, 2.45) is 0 Å². The summed E-state index contributed by atoms with van der Waals surface area (Å²) in [5.41, 5.74) is 1.63. The van der Waals surface area contributed by atoms with E-state index >= 15 is 0 Å². The van der Waals surface area contributed by atoms with Gasteiger partial charge in [0.15, 0.2) is 5.69 Å². The fraction of sp³-hybridized carbons (Fsp3) is 0.0714. The molecule has 6 heteroatoms. The van der Waals surface area contributed by atoms with Crippen LogP contribution in [0.3, 0.4) is 0 Å². The number of hydrogen-bond donors (Lipinski definition) is 0. The summed E-state index contributed by atoms with van der Waals surface area (Å²) in [6, 6.07) is 10.5. The Bertz CT molecular complexity index is 838. The summed E-state index contributed by atoms with van der Waals surface area (Å²) >= 11 is 7.62. The zero-order valence-corrected chi connectivity index (χ0v) is 11.9. The van der Waals surface area contributed by atoms with Crippen LogP contribution < -0.4 is 4.74 Å². The molecule has 2 aromatic heterocycles. The molecule has 0 N–H and O–H groups in total. The lowest BCUT2D eigenvalue weighted by molar-refractivity contribution is 0.415. The topological polar surface area (TPSA) is 58.8 Å². The number of benzene rings is 1. The fourth-order valence-electron chi connectivity index (χ4n) is 1.78. The second-order valence-corrected chi connectivity index (χ2v) is 5.15. The highest BCUT2D eigenvalue weighted by molar-refractivity contribution is 7.13. The predicted octanol–water partition coefficient (Wildman–Crippen LogP) is 3.69. The van der Waals surface area contributed by atoms with Gasteiger partial charge >= 0.3 is 0 Å². The molecule has 0 aliphatic heterocycles. The number of pyridine rings is 1. The summed E-state index contributed by atoms with van der Waals surface area (Å²) in [6.45, 7) is 0.